The standard InChI is InChI=1S/C17H24N2O4S/c1-12-10-18(11-17(3,4)23-12)24(21,22)15-5-6-16-14(9-15)7-8-19(16)13(2)20/h5-6,9,12H,7-8,10-11H2,1-4H3. The quantitative estimate of drug-likeness (QED) is 0.814. The maximum Gasteiger partial charge on any atom is 0.243 e. The number of carbonyl (C=O) groups is 1. The molecule has 0 N–H and O–H groups in total. The molecule has 0 saturated carbocycles. The van der Waals surface area contributed by atoms with Crippen molar-refractivity contribution in [2.24, 2.45) is 0 Å². The molecule has 1 amide bonds. The first-order valence-electron chi connectivity index (χ1n) is 8.19. The summed E-state index contributed by atoms with van der Waals surface area (Å²) < 4.78 is 33.4. The van der Waals surface area contributed by atoms with Gasteiger partial charge in [-0.05, 0) is 51.0 Å². The number of carbonyl (C=O) groups excluding carboxylic acids is 1. The van der Waals surface area contributed by atoms with Gasteiger partial charge in [0, 0.05) is 32.2 Å². The smallest absolute Gasteiger partial charge is 0.243 e. The van der Waals surface area contributed by atoms with Crippen molar-refractivity contribution < 1.29 is 17.9 Å². The topological polar surface area (TPSA) is 66.9 Å². The van der Waals surface area contributed by atoms with Crippen LogP contribution in [0.4, 0.5) is 5.69 Å². The molecule has 1 atom stereocenters. The summed E-state index contributed by atoms with van der Waals surface area (Å²) in [7, 11) is -3.58. The zero-order valence-electron chi connectivity index (χ0n) is 14.6. The normalized spacial score (nSPS) is 24.0. The SMILES string of the molecule is CC(=O)N1CCc2cc(S(=O)(=O)N3CC(C)OC(C)(C)C3)ccc21. The zero-order chi connectivity index (χ0) is 17.7. The van der Waals surface area contributed by atoms with Crippen molar-refractivity contribution in [3.63, 3.8) is 0 Å². The summed E-state index contributed by atoms with van der Waals surface area (Å²) in [4.78, 5) is 13.6. The second kappa shape index (κ2) is 5.82. The van der Waals surface area contributed by atoms with Gasteiger partial charge in [-0.1, -0.05) is 0 Å². The lowest BCUT2D eigenvalue weighted by Crippen LogP contribution is -2.53. The van der Waals surface area contributed by atoms with Crippen LogP contribution in [0.3, 0.4) is 0 Å². The molecule has 3 rings (SSSR count). The predicted octanol–water partition coefficient (Wildman–Crippen LogP) is 1.78. The number of rotatable bonds is 2. The predicted molar refractivity (Wildman–Crippen MR) is 91.6 cm³/mol. The van der Waals surface area contributed by atoms with E-state index >= 15 is 0 Å². The lowest BCUT2D eigenvalue weighted by atomic mass is 10.1. The van der Waals surface area contributed by atoms with Gasteiger partial charge in [0.2, 0.25) is 15.9 Å². The summed E-state index contributed by atoms with van der Waals surface area (Å²) in [6.45, 7) is 8.50. The second-order valence-electron chi connectivity index (χ2n) is 7.20. The number of benzene rings is 1. The number of hydrogen-bond donors (Lipinski definition) is 0. The molecule has 0 aromatic heterocycles. The van der Waals surface area contributed by atoms with Gasteiger partial charge in [-0.15, -0.1) is 0 Å². The second-order valence-corrected chi connectivity index (χ2v) is 9.13. The number of fused-ring (bicyclic) bond motifs is 1. The van der Waals surface area contributed by atoms with E-state index in [0.29, 0.717) is 26.1 Å². The molecule has 0 bridgehead atoms. The molecule has 1 unspecified atom stereocenters. The van der Waals surface area contributed by atoms with Crippen molar-refractivity contribution >= 4 is 21.6 Å². The molecule has 0 spiro atoms. The van der Waals surface area contributed by atoms with Gasteiger partial charge < -0.3 is 9.64 Å². The third kappa shape index (κ3) is 3.08. The van der Waals surface area contributed by atoms with Gasteiger partial charge >= 0.3 is 0 Å². The van der Waals surface area contributed by atoms with E-state index in [0.717, 1.165) is 11.3 Å². The van der Waals surface area contributed by atoms with Crippen molar-refractivity contribution in [3.8, 4) is 0 Å². The van der Waals surface area contributed by atoms with E-state index in [9.17, 15) is 13.2 Å². The van der Waals surface area contributed by atoms with Gasteiger partial charge in [-0.25, -0.2) is 8.42 Å². The van der Waals surface area contributed by atoms with Gasteiger partial charge in [0.05, 0.1) is 16.6 Å². The molecule has 0 radical (unpaired) electrons. The Morgan fingerprint density at radius 1 is 1.33 bits per heavy atom. The van der Waals surface area contributed by atoms with Gasteiger partial charge in [-0.2, -0.15) is 4.31 Å². The number of amides is 1. The molecule has 7 heteroatoms. The molecule has 1 aromatic carbocycles. The Bertz CT molecular complexity index is 773. The van der Waals surface area contributed by atoms with E-state index in [2.05, 4.69) is 0 Å². The molecule has 132 valence electrons. The minimum absolute atomic E-state index is 0.0203. The Hall–Kier alpha value is -1.44. The van der Waals surface area contributed by atoms with Crippen LogP contribution >= 0.6 is 0 Å². The Labute approximate surface area is 143 Å². The Kier molecular flexibility index (Phi) is 4.22. The van der Waals surface area contributed by atoms with Gasteiger partial charge in [-0.3, -0.25) is 4.79 Å². The largest absolute Gasteiger partial charge is 0.370 e. The Balaban J connectivity index is 1.93. The fourth-order valence-corrected chi connectivity index (χ4v) is 5.31. The molecule has 1 saturated heterocycles. The number of anilines is 1. The number of nitrogens with zero attached hydrogens (tertiary/aromatic N) is 2. The first-order valence-corrected chi connectivity index (χ1v) is 9.63. The molecule has 1 aromatic rings. The van der Waals surface area contributed by atoms with Crippen molar-refractivity contribution in [3.05, 3.63) is 23.8 Å². The third-order valence-corrected chi connectivity index (χ3v) is 6.31. The van der Waals surface area contributed by atoms with Crippen LogP contribution in [0.15, 0.2) is 23.1 Å². The van der Waals surface area contributed by atoms with Crippen LogP contribution in [0.1, 0.15) is 33.3 Å². The van der Waals surface area contributed by atoms with Crippen molar-refractivity contribution in [2.45, 2.75) is 50.7 Å². The highest BCUT2D eigenvalue weighted by molar-refractivity contribution is 7.89. The lowest BCUT2D eigenvalue weighted by molar-refractivity contribution is -0.116. The van der Waals surface area contributed by atoms with Crippen molar-refractivity contribution in [1.29, 1.82) is 0 Å². The third-order valence-electron chi connectivity index (χ3n) is 4.50. The number of sulfonamides is 1. The van der Waals surface area contributed by atoms with Gasteiger partial charge in [0.25, 0.3) is 0 Å². The summed E-state index contributed by atoms with van der Waals surface area (Å²) in [5, 5.41) is 0. The van der Waals surface area contributed by atoms with Crippen LogP contribution < -0.4 is 4.90 Å². The molecule has 1 fully saturated rings. The molecule has 2 aliphatic heterocycles. The summed E-state index contributed by atoms with van der Waals surface area (Å²) in [6, 6.07) is 5.05. The van der Waals surface area contributed by atoms with Crippen LogP contribution in [-0.4, -0.2) is 50.0 Å². The summed E-state index contributed by atoms with van der Waals surface area (Å²) >= 11 is 0. The summed E-state index contributed by atoms with van der Waals surface area (Å²) in [6.07, 6.45) is 0.537. The van der Waals surface area contributed by atoms with Crippen LogP contribution in [0, 0.1) is 0 Å². The van der Waals surface area contributed by atoms with Crippen LogP contribution in [0.5, 0.6) is 0 Å². The molecule has 0 aliphatic carbocycles. The maximum absolute atomic E-state index is 13.0. The average Bonchev–Trinajstić information content (AvgIpc) is 2.88. The van der Waals surface area contributed by atoms with E-state index in [1.54, 1.807) is 23.1 Å². The highest BCUT2D eigenvalue weighted by atomic mass is 32.2. The fourth-order valence-electron chi connectivity index (χ4n) is 3.59. The van der Waals surface area contributed by atoms with E-state index in [4.69, 9.17) is 4.74 Å². The molecule has 2 heterocycles. The average molecular weight is 352 g/mol. The van der Waals surface area contributed by atoms with Crippen LogP contribution in [0.2, 0.25) is 0 Å². The fraction of sp³-hybridized carbons (Fsp3) is 0.588. The lowest BCUT2D eigenvalue weighted by Gasteiger charge is -2.40. The molecule has 24 heavy (non-hydrogen) atoms. The Morgan fingerprint density at radius 2 is 2.04 bits per heavy atom. The maximum atomic E-state index is 13.0. The summed E-state index contributed by atoms with van der Waals surface area (Å²) in [5.41, 5.74) is 1.22. The number of morpholine rings is 1. The first kappa shape index (κ1) is 17.4. The summed E-state index contributed by atoms with van der Waals surface area (Å²) in [5.74, 6) is -0.0203. The molecular weight excluding hydrogens is 328 g/mol. The monoisotopic (exact) mass is 352 g/mol. The highest BCUT2D eigenvalue weighted by Crippen LogP contribution is 2.32. The van der Waals surface area contributed by atoms with E-state index in [1.807, 2.05) is 20.8 Å². The zero-order valence-corrected chi connectivity index (χ0v) is 15.4. The molecular formula is C17H24N2O4S. The Morgan fingerprint density at radius 3 is 2.67 bits per heavy atom. The van der Waals surface area contributed by atoms with Crippen molar-refractivity contribution in [1.82, 2.24) is 4.31 Å². The van der Waals surface area contributed by atoms with E-state index in [1.165, 1.54) is 11.2 Å². The minimum atomic E-state index is -3.58. The number of ether oxygens (including phenoxy) is 1. The number of hydrogen-bond acceptors (Lipinski definition) is 4. The minimum Gasteiger partial charge on any atom is -0.370 e. The van der Waals surface area contributed by atoms with Gasteiger partial charge in [0.1, 0.15) is 0 Å². The highest BCUT2D eigenvalue weighted by Gasteiger charge is 2.38. The molecule has 6 nitrogen and oxygen atoms in total. The van der Waals surface area contributed by atoms with Crippen LogP contribution in [0.25, 0.3) is 0 Å². The van der Waals surface area contributed by atoms with Gasteiger partial charge in [0.15, 0.2) is 0 Å². The first-order chi connectivity index (χ1) is 11.1. The van der Waals surface area contributed by atoms with E-state index < -0.39 is 15.6 Å². The molecule has 2 aliphatic rings. The van der Waals surface area contributed by atoms with E-state index in [-0.39, 0.29) is 16.9 Å². The van der Waals surface area contributed by atoms with Crippen molar-refractivity contribution in [2.75, 3.05) is 24.5 Å². The van der Waals surface area contributed by atoms with Crippen LogP contribution in [-0.2, 0) is 26.0 Å².